The van der Waals surface area contributed by atoms with Crippen molar-refractivity contribution in [2.75, 3.05) is 0 Å². The smallest absolute Gasteiger partial charge is 0.140 e. The Balaban J connectivity index is 1.94. The average Bonchev–Trinajstić information content (AvgIpc) is 2.94. The fraction of sp³-hybridized carbons (Fsp3) is 0.500. The van der Waals surface area contributed by atoms with Crippen LogP contribution < -0.4 is 5.32 Å². The highest BCUT2D eigenvalue weighted by molar-refractivity contribution is 7.12. The van der Waals surface area contributed by atoms with E-state index in [-0.39, 0.29) is 0 Å². The van der Waals surface area contributed by atoms with Gasteiger partial charge < -0.3 is 5.32 Å². The van der Waals surface area contributed by atoms with E-state index in [9.17, 15) is 0 Å². The first-order valence-electron chi connectivity index (χ1n) is 5.87. The first kappa shape index (κ1) is 12.3. The average molecular weight is 250 g/mol. The van der Waals surface area contributed by atoms with Gasteiger partial charge in [0.1, 0.15) is 12.2 Å². The van der Waals surface area contributed by atoms with Gasteiger partial charge in [0.05, 0.1) is 6.54 Å². The van der Waals surface area contributed by atoms with Gasteiger partial charge in [-0.25, -0.2) is 9.67 Å². The van der Waals surface area contributed by atoms with Crippen molar-refractivity contribution < 1.29 is 0 Å². The molecule has 0 aliphatic carbocycles. The van der Waals surface area contributed by atoms with Gasteiger partial charge in [-0.05, 0) is 32.9 Å². The van der Waals surface area contributed by atoms with Crippen LogP contribution in [0, 0.1) is 6.92 Å². The maximum Gasteiger partial charge on any atom is 0.140 e. The molecule has 1 atom stereocenters. The van der Waals surface area contributed by atoms with E-state index in [0.717, 1.165) is 18.9 Å². The summed E-state index contributed by atoms with van der Waals surface area (Å²) in [5, 5.41) is 7.63. The van der Waals surface area contributed by atoms with Crippen molar-refractivity contribution in [2.45, 2.75) is 39.9 Å². The fourth-order valence-electron chi connectivity index (χ4n) is 1.72. The zero-order chi connectivity index (χ0) is 12.3. The molecule has 5 heteroatoms. The summed E-state index contributed by atoms with van der Waals surface area (Å²) in [7, 11) is 0. The van der Waals surface area contributed by atoms with E-state index in [1.54, 1.807) is 6.33 Å². The second-order valence-electron chi connectivity index (χ2n) is 4.04. The summed E-state index contributed by atoms with van der Waals surface area (Å²) in [4.78, 5) is 6.97. The number of rotatable bonds is 5. The standard InChI is InChI=1S/C12H18N4S/c1-4-16-12(14-8-15-16)7-13-10(3)11-6-5-9(2)17-11/h5-6,8,10,13H,4,7H2,1-3H3. The third kappa shape index (κ3) is 2.92. The molecule has 4 nitrogen and oxygen atoms in total. The van der Waals surface area contributed by atoms with Gasteiger partial charge in [0.15, 0.2) is 0 Å². The summed E-state index contributed by atoms with van der Waals surface area (Å²) in [5.41, 5.74) is 0. The number of hydrogen-bond donors (Lipinski definition) is 1. The molecule has 0 aromatic carbocycles. The van der Waals surface area contributed by atoms with E-state index >= 15 is 0 Å². The number of hydrogen-bond acceptors (Lipinski definition) is 4. The molecule has 0 amide bonds. The molecule has 92 valence electrons. The SMILES string of the molecule is CCn1ncnc1CNC(C)c1ccc(C)s1. The van der Waals surface area contributed by atoms with Gasteiger partial charge in [0.2, 0.25) is 0 Å². The zero-order valence-electron chi connectivity index (χ0n) is 10.5. The van der Waals surface area contributed by atoms with Crippen LogP contribution >= 0.6 is 11.3 Å². The van der Waals surface area contributed by atoms with E-state index in [1.807, 2.05) is 16.0 Å². The lowest BCUT2D eigenvalue weighted by atomic mass is 10.2. The van der Waals surface area contributed by atoms with Crippen LogP contribution in [0.4, 0.5) is 0 Å². The molecule has 1 N–H and O–H groups in total. The largest absolute Gasteiger partial charge is 0.302 e. The van der Waals surface area contributed by atoms with E-state index in [4.69, 9.17) is 0 Å². The van der Waals surface area contributed by atoms with E-state index < -0.39 is 0 Å². The van der Waals surface area contributed by atoms with Crippen molar-refractivity contribution in [1.29, 1.82) is 0 Å². The second kappa shape index (κ2) is 5.42. The molecule has 0 saturated carbocycles. The fourth-order valence-corrected chi connectivity index (χ4v) is 2.62. The van der Waals surface area contributed by atoms with Crippen molar-refractivity contribution in [3.8, 4) is 0 Å². The van der Waals surface area contributed by atoms with E-state index in [1.165, 1.54) is 9.75 Å². The molecular weight excluding hydrogens is 232 g/mol. The minimum absolute atomic E-state index is 0.357. The van der Waals surface area contributed by atoms with Crippen LogP contribution in [-0.4, -0.2) is 14.8 Å². The third-order valence-corrected chi connectivity index (χ3v) is 3.93. The molecule has 0 fully saturated rings. The van der Waals surface area contributed by atoms with Crippen LogP contribution in [0.2, 0.25) is 0 Å². The van der Waals surface area contributed by atoms with Crippen molar-refractivity contribution in [3.63, 3.8) is 0 Å². The number of aromatic nitrogens is 3. The van der Waals surface area contributed by atoms with Gasteiger partial charge >= 0.3 is 0 Å². The highest BCUT2D eigenvalue weighted by Crippen LogP contribution is 2.22. The van der Waals surface area contributed by atoms with Gasteiger partial charge in [-0.1, -0.05) is 0 Å². The van der Waals surface area contributed by atoms with Crippen LogP contribution in [0.3, 0.4) is 0 Å². The van der Waals surface area contributed by atoms with Crippen LogP contribution in [0.5, 0.6) is 0 Å². The quantitative estimate of drug-likeness (QED) is 0.886. The zero-order valence-corrected chi connectivity index (χ0v) is 11.3. The third-order valence-electron chi connectivity index (χ3n) is 2.75. The molecule has 0 radical (unpaired) electrons. The van der Waals surface area contributed by atoms with Crippen LogP contribution in [0.1, 0.15) is 35.5 Å². The normalized spacial score (nSPS) is 12.9. The number of nitrogens with one attached hydrogen (secondary N) is 1. The van der Waals surface area contributed by atoms with Crippen molar-refractivity contribution in [1.82, 2.24) is 20.1 Å². The lowest BCUT2D eigenvalue weighted by Gasteiger charge is -2.11. The number of nitrogens with zero attached hydrogens (tertiary/aromatic N) is 3. The lowest BCUT2D eigenvalue weighted by Crippen LogP contribution is -2.20. The Kier molecular flexibility index (Phi) is 3.91. The van der Waals surface area contributed by atoms with Crippen LogP contribution in [0.25, 0.3) is 0 Å². The molecule has 0 bridgehead atoms. The summed E-state index contributed by atoms with van der Waals surface area (Å²) < 4.78 is 1.92. The molecule has 2 aromatic heterocycles. The molecule has 0 aliphatic rings. The molecule has 0 saturated heterocycles. The lowest BCUT2D eigenvalue weighted by molar-refractivity contribution is 0.528. The van der Waals surface area contributed by atoms with Gasteiger partial charge in [0, 0.05) is 22.3 Å². The molecule has 1 unspecified atom stereocenters. The maximum atomic E-state index is 4.25. The second-order valence-corrected chi connectivity index (χ2v) is 5.36. The van der Waals surface area contributed by atoms with Crippen molar-refractivity contribution >= 4 is 11.3 Å². The summed E-state index contributed by atoms with van der Waals surface area (Å²) in [6, 6.07) is 4.70. The van der Waals surface area contributed by atoms with Crippen molar-refractivity contribution in [2.24, 2.45) is 0 Å². The molecule has 2 heterocycles. The Morgan fingerprint density at radius 2 is 2.29 bits per heavy atom. The van der Waals surface area contributed by atoms with E-state index in [0.29, 0.717) is 6.04 Å². The minimum Gasteiger partial charge on any atom is -0.302 e. The highest BCUT2D eigenvalue weighted by atomic mass is 32.1. The first-order valence-corrected chi connectivity index (χ1v) is 6.68. The molecule has 0 aliphatic heterocycles. The first-order chi connectivity index (χ1) is 8.20. The van der Waals surface area contributed by atoms with Gasteiger partial charge in [-0.3, -0.25) is 0 Å². The van der Waals surface area contributed by atoms with Crippen LogP contribution in [0.15, 0.2) is 18.5 Å². The van der Waals surface area contributed by atoms with Gasteiger partial charge in [0.25, 0.3) is 0 Å². The topological polar surface area (TPSA) is 42.7 Å². The minimum atomic E-state index is 0.357. The Bertz CT molecular complexity index is 474. The predicted molar refractivity (Wildman–Crippen MR) is 70.0 cm³/mol. The van der Waals surface area contributed by atoms with Crippen LogP contribution in [-0.2, 0) is 13.1 Å². The Morgan fingerprint density at radius 3 is 2.94 bits per heavy atom. The number of aryl methyl sites for hydroxylation is 2. The summed E-state index contributed by atoms with van der Waals surface area (Å²) in [6.45, 7) is 8.01. The maximum absolute atomic E-state index is 4.25. The molecule has 2 aromatic rings. The number of thiophene rings is 1. The van der Waals surface area contributed by atoms with Gasteiger partial charge in [-0.15, -0.1) is 11.3 Å². The Morgan fingerprint density at radius 1 is 1.47 bits per heavy atom. The summed E-state index contributed by atoms with van der Waals surface area (Å²) in [6.07, 6.45) is 1.61. The summed E-state index contributed by atoms with van der Waals surface area (Å²) >= 11 is 1.84. The molecule has 0 spiro atoms. The highest BCUT2D eigenvalue weighted by Gasteiger charge is 2.09. The van der Waals surface area contributed by atoms with Gasteiger partial charge in [-0.2, -0.15) is 5.10 Å². The Labute approximate surface area is 106 Å². The molecule has 17 heavy (non-hydrogen) atoms. The molecular formula is C12H18N4S. The van der Waals surface area contributed by atoms with Crippen molar-refractivity contribution in [3.05, 3.63) is 34.0 Å². The molecule has 2 rings (SSSR count). The Hall–Kier alpha value is -1.20. The monoisotopic (exact) mass is 250 g/mol. The summed E-state index contributed by atoms with van der Waals surface area (Å²) in [5.74, 6) is 0.993. The predicted octanol–water partition coefficient (Wildman–Crippen LogP) is 2.52. The van der Waals surface area contributed by atoms with E-state index in [2.05, 4.69) is 48.3 Å².